The number of hydrogen-bond acceptors (Lipinski definition) is 3. The maximum absolute atomic E-state index is 5.97. The number of nitrogens with zero attached hydrogens (tertiary/aromatic N) is 1. The van der Waals surface area contributed by atoms with E-state index < -0.39 is 0 Å². The van der Waals surface area contributed by atoms with Crippen molar-refractivity contribution in [2.24, 2.45) is 4.99 Å². The molecule has 0 saturated carbocycles. The summed E-state index contributed by atoms with van der Waals surface area (Å²) in [4.78, 5) is 7.21. The van der Waals surface area contributed by atoms with Crippen LogP contribution in [-0.2, 0) is 0 Å². The van der Waals surface area contributed by atoms with Gasteiger partial charge in [0, 0.05) is 14.8 Å². The number of rotatable bonds is 5. The van der Waals surface area contributed by atoms with E-state index in [1.54, 1.807) is 23.5 Å². The molecule has 3 aromatic carbocycles. The fraction of sp³-hybridized carbons (Fsp3) is 0.0870. The van der Waals surface area contributed by atoms with Gasteiger partial charge in [-0.3, -0.25) is 0 Å². The number of aryl methyl sites for hydroxylation is 1. The van der Waals surface area contributed by atoms with Crippen LogP contribution in [0.5, 0.6) is 0 Å². The smallest absolute Gasteiger partial charge is 0.105 e. The fourth-order valence-corrected chi connectivity index (χ4v) is 4.03. The lowest BCUT2D eigenvalue weighted by Crippen LogP contribution is -1.94. The van der Waals surface area contributed by atoms with Crippen LogP contribution in [0, 0.1) is 6.92 Å². The van der Waals surface area contributed by atoms with E-state index in [1.165, 1.54) is 10.5 Å². The van der Waals surface area contributed by atoms with Gasteiger partial charge in [-0.25, -0.2) is 4.99 Å². The maximum atomic E-state index is 5.97. The highest BCUT2D eigenvalue weighted by atomic mass is 35.5. The van der Waals surface area contributed by atoms with Crippen molar-refractivity contribution in [1.29, 1.82) is 0 Å². The molecule has 0 aliphatic heterocycles. The van der Waals surface area contributed by atoms with Gasteiger partial charge in [-0.15, -0.1) is 0 Å². The average molecular weight is 410 g/mol. The minimum atomic E-state index is 0.751. The lowest BCUT2D eigenvalue weighted by molar-refractivity contribution is 1.38. The Morgan fingerprint density at radius 2 is 1.48 bits per heavy atom. The van der Waals surface area contributed by atoms with Crippen LogP contribution < -0.4 is 0 Å². The van der Waals surface area contributed by atoms with Gasteiger partial charge < -0.3 is 0 Å². The van der Waals surface area contributed by atoms with Crippen LogP contribution in [0.25, 0.3) is 0 Å². The third-order valence-corrected chi connectivity index (χ3v) is 6.13. The SMILES string of the molecule is CC(=CSc1ccc(Cl)cc1)C(=Nc1ccccc1)Sc1ccc(C)cc1. The van der Waals surface area contributed by atoms with Gasteiger partial charge in [-0.1, -0.05) is 71.0 Å². The molecule has 0 aliphatic carbocycles. The first kappa shape index (κ1) is 19.8. The Bertz CT molecular complexity index is 930. The summed E-state index contributed by atoms with van der Waals surface area (Å²) >= 11 is 9.33. The second kappa shape index (κ2) is 9.84. The van der Waals surface area contributed by atoms with Gasteiger partial charge in [0.1, 0.15) is 5.04 Å². The molecule has 0 atom stereocenters. The lowest BCUT2D eigenvalue weighted by atomic mass is 10.2. The first-order valence-electron chi connectivity index (χ1n) is 8.58. The molecule has 3 aromatic rings. The fourth-order valence-electron chi connectivity index (χ4n) is 2.25. The molecule has 0 spiro atoms. The summed E-state index contributed by atoms with van der Waals surface area (Å²) in [5, 5.41) is 3.89. The highest BCUT2D eigenvalue weighted by molar-refractivity contribution is 8.14. The van der Waals surface area contributed by atoms with Crippen molar-refractivity contribution in [3.63, 3.8) is 0 Å². The van der Waals surface area contributed by atoms with Gasteiger partial charge in [0.15, 0.2) is 0 Å². The molecule has 0 radical (unpaired) electrons. The molecule has 0 aromatic heterocycles. The van der Waals surface area contributed by atoms with E-state index in [-0.39, 0.29) is 0 Å². The zero-order valence-corrected chi connectivity index (χ0v) is 17.6. The number of benzene rings is 3. The highest BCUT2D eigenvalue weighted by Gasteiger charge is 2.07. The summed E-state index contributed by atoms with van der Waals surface area (Å²) in [6, 6.07) is 26.5. The molecule has 0 saturated heterocycles. The van der Waals surface area contributed by atoms with Crippen molar-refractivity contribution in [1.82, 2.24) is 0 Å². The molecular formula is C23H20ClNS2. The summed E-state index contributed by atoms with van der Waals surface area (Å²) in [5.41, 5.74) is 3.34. The summed E-state index contributed by atoms with van der Waals surface area (Å²) < 4.78 is 0. The molecule has 3 rings (SSSR count). The van der Waals surface area contributed by atoms with Crippen molar-refractivity contribution in [3.8, 4) is 0 Å². The van der Waals surface area contributed by atoms with Crippen LogP contribution in [0.4, 0.5) is 5.69 Å². The summed E-state index contributed by atoms with van der Waals surface area (Å²) in [7, 11) is 0. The summed E-state index contributed by atoms with van der Waals surface area (Å²) in [6.07, 6.45) is 0. The van der Waals surface area contributed by atoms with Crippen LogP contribution >= 0.6 is 35.1 Å². The molecule has 0 unspecified atom stereocenters. The van der Waals surface area contributed by atoms with Crippen molar-refractivity contribution in [2.75, 3.05) is 0 Å². The van der Waals surface area contributed by atoms with Crippen LogP contribution in [0.1, 0.15) is 12.5 Å². The van der Waals surface area contributed by atoms with Gasteiger partial charge in [0.25, 0.3) is 0 Å². The quantitative estimate of drug-likeness (QED) is 0.239. The third-order valence-electron chi connectivity index (χ3n) is 3.75. The van der Waals surface area contributed by atoms with Crippen LogP contribution in [0.2, 0.25) is 5.02 Å². The van der Waals surface area contributed by atoms with Crippen LogP contribution in [-0.4, -0.2) is 5.04 Å². The molecule has 0 amide bonds. The zero-order chi connectivity index (χ0) is 19.1. The number of thioether (sulfide) groups is 2. The minimum Gasteiger partial charge on any atom is -0.241 e. The zero-order valence-electron chi connectivity index (χ0n) is 15.2. The maximum Gasteiger partial charge on any atom is 0.105 e. The minimum absolute atomic E-state index is 0.751. The second-order valence-corrected chi connectivity index (χ2v) is 8.48. The predicted octanol–water partition coefficient (Wildman–Crippen LogP) is 8.17. The van der Waals surface area contributed by atoms with E-state index in [4.69, 9.17) is 16.6 Å². The van der Waals surface area contributed by atoms with Gasteiger partial charge in [0.05, 0.1) is 5.69 Å². The number of aliphatic imine (C=N–C) groups is 1. The summed E-state index contributed by atoms with van der Waals surface area (Å²) in [5.74, 6) is 0. The average Bonchev–Trinajstić information content (AvgIpc) is 2.69. The van der Waals surface area contributed by atoms with E-state index in [0.29, 0.717) is 0 Å². The van der Waals surface area contributed by atoms with Gasteiger partial charge in [0.2, 0.25) is 0 Å². The molecule has 0 fully saturated rings. The van der Waals surface area contributed by atoms with Crippen molar-refractivity contribution in [3.05, 3.63) is 100 Å². The molecule has 0 N–H and O–H groups in total. The Hall–Kier alpha value is -1.94. The van der Waals surface area contributed by atoms with E-state index in [2.05, 4.69) is 43.5 Å². The molecule has 0 bridgehead atoms. The number of halogens is 1. The monoisotopic (exact) mass is 409 g/mol. The van der Waals surface area contributed by atoms with Crippen molar-refractivity contribution in [2.45, 2.75) is 23.6 Å². The standard InChI is InChI=1S/C23H20ClNS2/c1-17-8-12-22(13-9-17)27-23(25-20-6-4-3-5-7-20)18(2)16-26-21-14-10-19(24)11-15-21/h3-16H,1-2H3. The van der Waals surface area contributed by atoms with Gasteiger partial charge in [-0.2, -0.15) is 0 Å². The number of hydrogen-bond donors (Lipinski definition) is 0. The van der Waals surface area contributed by atoms with E-state index in [0.717, 1.165) is 26.2 Å². The van der Waals surface area contributed by atoms with Gasteiger partial charge in [-0.05, 0) is 73.4 Å². The Morgan fingerprint density at radius 1 is 0.852 bits per heavy atom. The number of para-hydroxylation sites is 1. The largest absolute Gasteiger partial charge is 0.241 e. The summed E-state index contributed by atoms with van der Waals surface area (Å²) in [6.45, 7) is 4.20. The Morgan fingerprint density at radius 3 is 2.15 bits per heavy atom. The topological polar surface area (TPSA) is 12.4 Å². The second-order valence-electron chi connectivity index (χ2n) is 6.04. The van der Waals surface area contributed by atoms with E-state index in [9.17, 15) is 0 Å². The molecule has 4 heteroatoms. The van der Waals surface area contributed by atoms with Gasteiger partial charge >= 0.3 is 0 Å². The first-order chi connectivity index (χ1) is 13.1. The van der Waals surface area contributed by atoms with E-state index in [1.807, 2.05) is 54.6 Å². The highest BCUT2D eigenvalue weighted by Crippen LogP contribution is 2.29. The molecule has 0 heterocycles. The molecular weight excluding hydrogens is 390 g/mol. The molecule has 27 heavy (non-hydrogen) atoms. The van der Waals surface area contributed by atoms with Crippen LogP contribution in [0.15, 0.2) is 105 Å². The first-order valence-corrected chi connectivity index (χ1v) is 10.7. The Kier molecular flexibility index (Phi) is 7.22. The Balaban J connectivity index is 1.85. The molecule has 1 nitrogen and oxygen atoms in total. The lowest BCUT2D eigenvalue weighted by Gasteiger charge is -2.08. The van der Waals surface area contributed by atoms with Crippen molar-refractivity contribution < 1.29 is 0 Å². The predicted molar refractivity (Wildman–Crippen MR) is 122 cm³/mol. The van der Waals surface area contributed by atoms with Crippen LogP contribution in [0.3, 0.4) is 0 Å². The van der Waals surface area contributed by atoms with Crippen molar-refractivity contribution >= 4 is 45.9 Å². The normalized spacial score (nSPS) is 12.3. The molecule has 0 aliphatic rings. The molecule has 136 valence electrons. The van der Waals surface area contributed by atoms with E-state index >= 15 is 0 Å². The Labute approximate surface area is 174 Å². The third kappa shape index (κ3) is 6.31.